The van der Waals surface area contributed by atoms with E-state index in [4.69, 9.17) is 10.5 Å². The second kappa shape index (κ2) is 13.9. The molecule has 0 heterocycles. The Labute approximate surface area is 119 Å². The first-order valence-electron chi connectivity index (χ1n) is 8.10. The first-order chi connectivity index (χ1) is 9.24. The van der Waals surface area contributed by atoms with Gasteiger partial charge in [0.1, 0.15) is 0 Å². The summed E-state index contributed by atoms with van der Waals surface area (Å²) in [7, 11) is 0. The molecule has 0 aliphatic heterocycles. The van der Waals surface area contributed by atoms with Gasteiger partial charge in [-0.2, -0.15) is 0 Å². The van der Waals surface area contributed by atoms with Gasteiger partial charge in [0, 0.05) is 6.42 Å². The molecule has 0 saturated heterocycles. The molecule has 0 fully saturated rings. The Bertz CT molecular complexity index is 201. The van der Waals surface area contributed by atoms with Gasteiger partial charge in [0.15, 0.2) is 0 Å². The minimum atomic E-state index is -0.0337. The van der Waals surface area contributed by atoms with Gasteiger partial charge in [-0.3, -0.25) is 4.79 Å². The maximum atomic E-state index is 11.6. The fourth-order valence-corrected chi connectivity index (χ4v) is 2.36. The molecule has 0 amide bonds. The van der Waals surface area contributed by atoms with Crippen LogP contribution in [-0.4, -0.2) is 19.1 Å². The standard InChI is InChI=1S/C16H33NO2/c1-3-5-6-7-8-14-19-16(18)11-10-15(9-4-2)12-13-17/h15H,3-14,17H2,1-2H3. The molecule has 0 aliphatic carbocycles. The van der Waals surface area contributed by atoms with Crippen LogP contribution in [0.2, 0.25) is 0 Å². The highest BCUT2D eigenvalue weighted by atomic mass is 16.5. The van der Waals surface area contributed by atoms with Gasteiger partial charge < -0.3 is 10.5 Å². The summed E-state index contributed by atoms with van der Waals surface area (Å²) in [5.74, 6) is 0.556. The molecule has 2 N–H and O–H groups in total. The van der Waals surface area contributed by atoms with Crippen molar-refractivity contribution in [1.29, 1.82) is 0 Å². The Balaban J connectivity index is 3.50. The summed E-state index contributed by atoms with van der Waals surface area (Å²) in [5.41, 5.74) is 5.59. The summed E-state index contributed by atoms with van der Waals surface area (Å²) in [5, 5.41) is 0. The smallest absolute Gasteiger partial charge is 0.305 e. The van der Waals surface area contributed by atoms with Crippen molar-refractivity contribution in [2.75, 3.05) is 13.2 Å². The third-order valence-electron chi connectivity index (χ3n) is 3.54. The SMILES string of the molecule is CCCCCCCOC(=O)CCC(CCC)CCN. The van der Waals surface area contributed by atoms with Crippen LogP contribution < -0.4 is 5.73 Å². The van der Waals surface area contributed by atoms with E-state index >= 15 is 0 Å². The Hall–Kier alpha value is -0.570. The fraction of sp³-hybridized carbons (Fsp3) is 0.938. The fourth-order valence-electron chi connectivity index (χ4n) is 2.36. The van der Waals surface area contributed by atoms with E-state index in [2.05, 4.69) is 13.8 Å². The summed E-state index contributed by atoms with van der Waals surface area (Å²) in [6.07, 6.45) is 10.8. The maximum absolute atomic E-state index is 11.6. The molecule has 114 valence electrons. The Morgan fingerprint density at radius 2 is 1.74 bits per heavy atom. The highest BCUT2D eigenvalue weighted by molar-refractivity contribution is 5.69. The quantitative estimate of drug-likeness (QED) is 0.406. The van der Waals surface area contributed by atoms with Crippen molar-refractivity contribution in [3.05, 3.63) is 0 Å². The highest BCUT2D eigenvalue weighted by Gasteiger charge is 2.10. The third kappa shape index (κ3) is 12.2. The molecule has 0 saturated carbocycles. The van der Waals surface area contributed by atoms with E-state index in [1.165, 1.54) is 32.1 Å². The van der Waals surface area contributed by atoms with Gasteiger partial charge in [-0.05, 0) is 31.7 Å². The molecular weight excluding hydrogens is 238 g/mol. The molecule has 0 aromatic heterocycles. The van der Waals surface area contributed by atoms with Gasteiger partial charge in [-0.15, -0.1) is 0 Å². The number of carbonyl (C=O) groups is 1. The molecule has 0 aromatic rings. The van der Waals surface area contributed by atoms with Crippen molar-refractivity contribution in [2.45, 2.75) is 78.1 Å². The molecule has 0 radical (unpaired) electrons. The van der Waals surface area contributed by atoms with Crippen LogP contribution in [0.4, 0.5) is 0 Å². The van der Waals surface area contributed by atoms with Crippen LogP contribution >= 0.6 is 0 Å². The van der Waals surface area contributed by atoms with Crippen LogP contribution in [0.3, 0.4) is 0 Å². The molecule has 3 heteroatoms. The normalized spacial score (nSPS) is 12.4. The van der Waals surface area contributed by atoms with Gasteiger partial charge in [-0.1, -0.05) is 52.4 Å². The zero-order chi connectivity index (χ0) is 14.3. The largest absolute Gasteiger partial charge is 0.466 e. The molecule has 0 bridgehead atoms. The van der Waals surface area contributed by atoms with E-state index in [-0.39, 0.29) is 5.97 Å². The summed E-state index contributed by atoms with van der Waals surface area (Å²) in [6, 6.07) is 0. The van der Waals surface area contributed by atoms with Crippen molar-refractivity contribution in [3.8, 4) is 0 Å². The number of carbonyl (C=O) groups excluding carboxylic acids is 1. The van der Waals surface area contributed by atoms with Crippen molar-refractivity contribution < 1.29 is 9.53 Å². The Morgan fingerprint density at radius 1 is 1.00 bits per heavy atom. The number of unbranched alkanes of at least 4 members (excludes halogenated alkanes) is 4. The third-order valence-corrected chi connectivity index (χ3v) is 3.54. The lowest BCUT2D eigenvalue weighted by Crippen LogP contribution is -2.12. The molecule has 0 aliphatic rings. The van der Waals surface area contributed by atoms with E-state index < -0.39 is 0 Å². The van der Waals surface area contributed by atoms with Gasteiger partial charge in [0.25, 0.3) is 0 Å². The first kappa shape index (κ1) is 18.4. The van der Waals surface area contributed by atoms with E-state index in [0.717, 1.165) is 32.2 Å². The summed E-state index contributed by atoms with van der Waals surface area (Å²) in [4.78, 5) is 11.6. The van der Waals surface area contributed by atoms with Crippen LogP contribution in [-0.2, 0) is 9.53 Å². The van der Waals surface area contributed by atoms with Crippen LogP contribution in [0.15, 0.2) is 0 Å². The van der Waals surface area contributed by atoms with E-state index in [0.29, 0.717) is 18.9 Å². The molecule has 0 aromatic carbocycles. The lowest BCUT2D eigenvalue weighted by Gasteiger charge is -2.14. The second-order valence-electron chi connectivity index (χ2n) is 5.41. The summed E-state index contributed by atoms with van der Waals surface area (Å²) < 4.78 is 5.26. The average molecular weight is 271 g/mol. The lowest BCUT2D eigenvalue weighted by atomic mass is 9.94. The highest BCUT2D eigenvalue weighted by Crippen LogP contribution is 2.17. The molecule has 1 atom stereocenters. The van der Waals surface area contributed by atoms with E-state index in [1.54, 1.807) is 0 Å². The molecular formula is C16H33NO2. The van der Waals surface area contributed by atoms with E-state index in [9.17, 15) is 4.79 Å². The zero-order valence-corrected chi connectivity index (χ0v) is 13.0. The van der Waals surface area contributed by atoms with Gasteiger partial charge in [-0.25, -0.2) is 0 Å². The van der Waals surface area contributed by atoms with Crippen LogP contribution in [0.5, 0.6) is 0 Å². The van der Waals surface area contributed by atoms with Gasteiger partial charge >= 0.3 is 5.97 Å². The Kier molecular flexibility index (Phi) is 13.4. The maximum Gasteiger partial charge on any atom is 0.305 e. The van der Waals surface area contributed by atoms with Gasteiger partial charge in [0.2, 0.25) is 0 Å². The molecule has 19 heavy (non-hydrogen) atoms. The molecule has 0 spiro atoms. The minimum Gasteiger partial charge on any atom is -0.466 e. The number of hydrogen-bond acceptors (Lipinski definition) is 3. The lowest BCUT2D eigenvalue weighted by molar-refractivity contribution is -0.144. The number of hydrogen-bond donors (Lipinski definition) is 1. The molecule has 3 nitrogen and oxygen atoms in total. The average Bonchev–Trinajstić information content (AvgIpc) is 2.40. The number of nitrogens with two attached hydrogens (primary N) is 1. The number of esters is 1. The Morgan fingerprint density at radius 3 is 2.37 bits per heavy atom. The van der Waals surface area contributed by atoms with Crippen molar-refractivity contribution >= 4 is 5.97 Å². The number of rotatable bonds is 13. The van der Waals surface area contributed by atoms with Crippen molar-refractivity contribution in [3.63, 3.8) is 0 Å². The second-order valence-corrected chi connectivity index (χ2v) is 5.41. The monoisotopic (exact) mass is 271 g/mol. The summed E-state index contributed by atoms with van der Waals surface area (Å²) >= 11 is 0. The topological polar surface area (TPSA) is 52.3 Å². The van der Waals surface area contributed by atoms with Crippen molar-refractivity contribution in [2.24, 2.45) is 11.7 Å². The van der Waals surface area contributed by atoms with Crippen LogP contribution in [0.1, 0.15) is 78.1 Å². The molecule has 0 rings (SSSR count). The minimum absolute atomic E-state index is 0.0337. The predicted molar refractivity (Wildman–Crippen MR) is 81.0 cm³/mol. The summed E-state index contributed by atoms with van der Waals surface area (Å²) in [6.45, 7) is 5.70. The predicted octanol–water partition coefficient (Wildman–Crippen LogP) is 4.05. The molecule has 1 unspecified atom stereocenters. The van der Waals surface area contributed by atoms with Crippen molar-refractivity contribution in [1.82, 2.24) is 0 Å². The van der Waals surface area contributed by atoms with Gasteiger partial charge in [0.05, 0.1) is 6.61 Å². The van der Waals surface area contributed by atoms with Crippen LogP contribution in [0, 0.1) is 5.92 Å². The first-order valence-corrected chi connectivity index (χ1v) is 8.10. The number of ether oxygens (including phenoxy) is 1. The van der Waals surface area contributed by atoms with E-state index in [1.807, 2.05) is 0 Å². The van der Waals surface area contributed by atoms with Crippen LogP contribution in [0.25, 0.3) is 0 Å². The zero-order valence-electron chi connectivity index (χ0n) is 13.0.